The molecule has 0 heterocycles. The zero-order valence-electron chi connectivity index (χ0n) is 20.6. The predicted molar refractivity (Wildman–Crippen MR) is 141 cm³/mol. The number of rotatable bonds is 14. The third-order valence-corrected chi connectivity index (χ3v) is 5.91. The van der Waals surface area contributed by atoms with Crippen molar-refractivity contribution < 1.29 is 44.4 Å². The number of carbonyl (C=O) groups is 5. The second-order valence-corrected chi connectivity index (χ2v) is 9.01. The number of hydrogen-bond donors (Lipinski definition) is 9. The van der Waals surface area contributed by atoms with E-state index in [2.05, 4.69) is 28.6 Å². The average Bonchev–Trinajstić information content (AvgIpc) is 2.88. The van der Waals surface area contributed by atoms with Crippen LogP contribution in [0.25, 0.3) is 0 Å². The van der Waals surface area contributed by atoms with Gasteiger partial charge < -0.3 is 42.1 Å². The largest absolute Gasteiger partial charge is 0.508 e. The Balaban J connectivity index is 2.21. The fraction of sp³-hybridized carbons (Fsp3) is 0.320. The molecule has 0 saturated carbocycles. The molecule has 39 heavy (non-hydrogen) atoms. The van der Waals surface area contributed by atoms with Crippen molar-refractivity contribution in [3.05, 3.63) is 59.7 Å². The van der Waals surface area contributed by atoms with E-state index in [1.54, 1.807) is 0 Å². The Morgan fingerprint density at radius 2 is 1.10 bits per heavy atom. The number of aromatic hydroxyl groups is 2. The molecule has 0 bridgehead atoms. The second kappa shape index (κ2) is 14.6. The number of nitrogens with one attached hydrogen (secondary N) is 3. The molecule has 0 spiro atoms. The van der Waals surface area contributed by atoms with E-state index in [9.17, 15) is 39.3 Å². The van der Waals surface area contributed by atoms with Crippen molar-refractivity contribution in [3.63, 3.8) is 0 Å². The van der Waals surface area contributed by atoms with E-state index >= 15 is 0 Å². The number of aliphatic carboxylic acids is 2. The van der Waals surface area contributed by atoms with E-state index in [0.29, 0.717) is 11.1 Å². The lowest BCUT2D eigenvalue weighted by Gasteiger charge is -2.24. The molecule has 4 atom stereocenters. The Morgan fingerprint density at radius 3 is 1.54 bits per heavy atom. The summed E-state index contributed by atoms with van der Waals surface area (Å²) >= 11 is 4.04. The van der Waals surface area contributed by atoms with E-state index < -0.39 is 60.2 Å². The maximum Gasteiger partial charge on any atom is 0.326 e. The van der Waals surface area contributed by atoms with Crippen LogP contribution < -0.4 is 21.7 Å². The maximum absolute atomic E-state index is 13.2. The molecule has 2 aromatic carbocycles. The molecule has 14 heteroatoms. The van der Waals surface area contributed by atoms with Gasteiger partial charge >= 0.3 is 11.9 Å². The second-order valence-electron chi connectivity index (χ2n) is 8.65. The van der Waals surface area contributed by atoms with Crippen molar-refractivity contribution in [2.45, 2.75) is 43.4 Å². The van der Waals surface area contributed by atoms with Crippen LogP contribution in [0.1, 0.15) is 17.5 Å². The lowest BCUT2D eigenvalue weighted by Crippen LogP contribution is -2.58. The quantitative estimate of drug-likeness (QED) is 0.130. The van der Waals surface area contributed by atoms with Crippen molar-refractivity contribution in [1.29, 1.82) is 0 Å². The van der Waals surface area contributed by atoms with E-state index in [1.165, 1.54) is 48.5 Å². The minimum Gasteiger partial charge on any atom is -0.508 e. The zero-order valence-corrected chi connectivity index (χ0v) is 21.5. The maximum atomic E-state index is 13.2. The van der Waals surface area contributed by atoms with Crippen LogP contribution in [0.3, 0.4) is 0 Å². The highest BCUT2D eigenvalue weighted by molar-refractivity contribution is 7.80. The number of carbonyl (C=O) groups excluding carboxylic acids is 3. The molecule has 0 fully saturated rings. The summed E-state index contributed by atoms with van der Waals surface area (Å²) in [5.74, 6) is -5.50. The molecular weight excluding hydrogens is 532 g/mol. The lowest BCUT2D eigenvalue weighted by molar-refractivity contribution is -0.142. The molecular formula is C25H30N4O9S. The Kier molecular flexibility index (Phi) is 11.6. The minimum absolute atomic E-state index is 0.0129. The van der Waals surface area contributed by atoms with Crippen molar-refractivity contribution in [1.82, 2.24) is 16.0 Å². The van der Waals surface area contributed by atoms with Crippen molar-refractivity contribution in [2.75, 3.05) is 5.75 Å². The Morgan fingerprint density at radius 1 is 0.692 bits per heavy atom. The normalized spacial score (nSPS) is 13.8. The first-order valence-corrected chi connectivity index (χ1v) is 12.3. The third kappa shape index (κ3) is 10.2. The molecule has 3 amide bonds. The standard InChI is InChI=1S/C25H30N4O9S/c26-17(11-21(32)33)22(34)29-20(12-39)24(36)27-18(9-13-1-5-15(30)6-2-13)23(35)28-19(25(37)38)10-14-3-7-16(31)8-4-14/h1-8,17-20,30-31,39H,9-12,26H2,(H,27,36)(H,28,35)(H,29,34)(H,32,33)(H,37,38). The smallest absolute Gasteiger partial charge is 0.326 e. The minimum atomic E-state index is -1.43. The molecule has 0 aromatic heterocycles. The molecule has 0 aliphatic rings. The fourth-order valence-electron chi connectivity index (χ4n) is 3.44. The molecule has 0 saturated heterocycles. The number of carboxylic acids is 2. The van der Waals surface area contributed by atoms with Gasteiger partial charge in [-0.25, -0.2) is 4.79 Å². The molecule has 2 rings (SSSR count). The van der Waals surface area contributed by atoms with Gasteiger partial charge in [0.25, 0.3) is 0 Å². The van der Waals surface area contributed by atoms with Crippen molar-refractivity contribution in [3.8, 4) is 11.5 Å². The van der Waals surface area contributed by atoms with Crippen molar-refractivity contribution in [2.24, 2.45) is 5.73 Å². The van der Waals surface area contributed by atoms with Gasteiger partial charge in [0.15, 0.2) is 0 Å². The number of amides is 3. The Hall–Kier alpha value is -4.30. The fourth-order valence-corrected chi connectivity index (χ4v) is 3.70. The molecule has 4 unspecified atom stereocenters. The molecule has 0 radical (unpaired) electrons. The number of phenols is 2. The van der Waals surface area contributed by atoms with Gasteiger partial charge in [0.2, 0.25) is 17.7 Å². The van der Waals surface area contributed by atoms with Gasteiger partial charge in [-0.1, -0.05) is 24.3 Å². The van der Waals surface area contributed by atoms with E-state index in [-0.39, 0.29) is 30.1 Å². The average molecular weight is 563 g/mol. The first-order chi connectivity index (χ1) is 18.4. The summed E-state index contributed by atoms with van der Waals surface area (Å²) in [4.78, 5) is 61.1. The SMILES string of the molecule is NC(CC(=O)O)C(=O)NC(CS)C(=O)NC(Cc1ccc(O)cc1)C(=O)NC(Cc1ccc(O)cc1)C(=O)O. The summed E-state index contributed by atoms with van der Waals surface area (Å²) < 4.78 is 0. The lowest BCUT2D eigenvalue weighted by atomic mass is 10.0. The first-order valence-electron chi connectivity index (χ1n) is 11.7. The molecule has 0 aliphatic carbocycles. The molecule has 9 N–H and O–H groups in total. The van der Waals surface area contributed by atoms with Crippen LogP contribution in [0.4, 0.5) is 0 Å². The zero-order chi connectivity index (χ0) is 29.1. The van der Waals surface area contributed by atoms with Gasteiger partial charge in [-0.2, -0.15) is 12.6 Å². The summed E-state index contributed by atoms with van der Waals surface area (Å²) in [5, 5.41) is 44.6. The number of phenolic OH excluding ortho intramolecular Hbond substituents is 2. The van der Waals surface area contributed by atoms with E-state index in [4.69, 9.17) is 10.8 Å². The topological polar surface area (TPSA) is 228 Å². The van der Waals surface area contributed by atoms with Crippen molar-refractivity contribution >= 4 is 42.3 Å². The Bertz CT molecular complexity index is 1180. The summed E-state index contributed by atoms with van der Waals surface area (Å²) in [6.45, 7) is 0. The van der Waals surface area contributed by atoms with Gasteiger partial charge in [-0.05, 0) is 35.4 Å². The summed E-state index contributed by atoms with van der Waals surface area (Å²) in [7, 11) is 0. The van der Waals surface area contributed by atoms with Crippen LogP contribution in [0.5, 0.6) is 11.5 Å². The number of carboxylic acid groups (broad SMARTS) is 2. The van der Waals surface area contributed by atoms with Crippen LogP contribution in [0.2, 0.25) is 0 Å². The van der Waals surface area contributed by atoms with Gasteiger partial charge in [0, 0.05) is 18.6 Å². The molecule has 0 aliphatic heterocycles. The number of nitrogens with two attached hydrogens (primary N) is 1. The van der Waals surface area contributed by atoms with Gasteiger partial charge in [0.1, 0.15) is 29.6 Å². The monoisotopic (exact) mass is 562 g/mol. The number of hydrogen-bond acceptors (Lipinski definition) is 9. The van der Waals surface area contributed by atoms with Crippen LogP contribution in [-0.2, 0) is 36.8 Å². The van der Waals surface area contributed by atoms with E-state index in [0.717, 1.165) is 0 Å². The third-order valence-electron chi connectivity index (χ3n) is 5.55. The van der Waals surface area contributed by atoms with Gasteiger partial charge in [-0.15, -0.1) is 0 Å². The molecule has 210 valence electrons. The van der Waals surface area contributed by atoms with Gasteiger partial charge in [-0.3, -0.25) is 19.2 Å². The molecule has 13 nitrogen and oxygen atoms in total. The highest BCUT2D eigenvalue weighted by Gasteiger charge is 2.30. The van der Waals surface area contributed by atoms with Crippen LogP contribution >= 0.6 is 12.6 Å². The summed E-state index contributed by atoms with van der Waals surface area (Å²) in [6, 6.07) is 6.11. The van der Waals surface area contributed by atoms with Gasteiger partial charge in [0.05, 0.1) is 12.5 Å². The first kappa shape index (κ1) is 30.9. The number of thiol groups is 1. The van der Waals surface area contributed by atoms with E-state index in [1.807, 2.05) is 0 Å². The van der Waals surface area contributed by atoms with Crippen LogP contribution in [-0.4, -0.2) is 80.0 Å². The number of benzene rings is 2. The molecule has 2 aromatic rings. The highest BCUT2D eigenvalue weighted by atomic mass is 32.1. The van der Waals surface area contributed by atoms with Crippen LogP contribution in [0, 0.1) is 0 Å². The summed E-state index contributed by atoms with van der Waals surface area (Å²) in [5.41, 5.74) is 6.58. The predicted octanol–water partition coefficient (Wildman–Crippen LogP) is -0.846. The highest BCUT2D eigenvalue weighted by Crippen LogP contribution is 2.14. The Labute approximate surface area is 228 Å². The van der Waals surface area contributed by atoms with Crippen LogP contribution in [0.15, 0.2) is 48.5 Å². The summed E-state index contributed by atoms with van der Waals surface area (Å²) in [6.07, 6.45) is -0.885.